The van der Waals surface area contributed by atoms with Crippen LogP contribution in [0.1, 0.15) is 12.0 Å². The summed E-state index contributed by atoms with van der Waals surface area (Å²) in [5.74, 6) is 2.49. The first-order valence-electron chi connectivity index (χ1n) is 5.36. The SMILES string of the molecule is CN(c1cc(F)cc(CCl)c1)C1CCSC1. The highest BCUT2D eigenvalue weighted by Crippen LogP contribution is 2.27. The van der Waals surface area contributed by atoms with Gasteiger partial charge in [-0.1, -0.05) is 0 Å². The molecule has 16 heavy (non-hydrogen) atoms. The van der Waals surface area contributed by atoms with Crippen LogP contribution in [-0.2, 0) is 5.88 Å². The van der Waals surface area contributed by atoms with Crippen LogP contribution in [0.2, 0.25) is 0 Å². The standard InChI is InChI=1S/C12H15ClFNS/c1-15(11-2-3-16-8-11)12-5-9(7-13)4-10(14)6-12/h4-6,11H,2-3,7-8H2,1H3. The lowest BCUT2D eigenvalue weighted by molar-refractivity contribution is 0.623. The predicted octanol–water partition coefficient (Wildman–Crippen LogP) is 3.51. The zero-order valence-electron chi connectivity index (χ0n) is 9.25. The molecule has 1 unspecified atom stereocenters. The lowest BCUT2D eigenvalue weighted by Crippen LogP contribution is -2.31. The van der Waals surface area contributed by atoms with Gasteiger partial charge in [0, 0.05) is 30.4 Å². The van der Waals surface area contributed by atoms with Crippen LogP contribution < -0.4 is 4.90 Å². The van der Waals surface area contributed by atoms with Crippen LogP contribution in [0.25, 0.3) is 0 Å². The summed E-state index contributed by atoms with van der Waals surface area (Å²) in [5.41, 5.74) is 1.78. The number of nitrogens with zero attached hydrogens (tertiary/aromatic N) is 1. The Morgan fingerprint density at radius 1 is 1.50 bits per heavy atom. The first-order valence-corrected chi connectivity index (χ1v) is 7.05. The zero-order chi connectivity index (χ0) is 11.5. The number of thioether (sulfide) groups is 1. The van der Waals surface area contributed by atoms with Crippen molar-refractivity contribution in [3.05, 3.63) is 29.6 Å². The van der Waals surface area contributed by atoms with Gasteiger partial charge in [0.2, 0.25) is 0 Å². The zero-order valence-corrected chi connectivity index (χ0v) is 10.8. The summed E-state index contributed by atoms with van der Waals surface area (Å²) in [7, 11) is 2.03. The lowest BCUT2D eigenvalue weighted by Gasteiger charge is -2.26. The highest BCUT2D eigenvalue weighted by Gasteiger charge is 2.20. The fraction of sp³-hybridized carbons (Fsp3) is 0.500. The van der Waals surface area contributed by atoms with Gasteiger partial charge in [-0.05, 0) is 35.9 Å². The second-order valence-electron chi connectivity index (χ2n) is 4.08. The van der Waals surface area contributed by atoms with E-state index in [4.69, 9.17) is 11.6 Å². The second-order valence-corrected chi connectivity index (χ2v) is 5.50. The molecule has 1 nitrogen and oxygen atoms in total. The fourth-order valence-corrected chi connectivity index (χ4v) is 3.37. The number of halogens is 2. The van der Waals surface area contributed by atoms with Crippen molar-refractivity contribution in [2.45, 2.75) is 18.3 Å². The van der Waals surface area contributed by atoms with Crippen LogP contribution in [0.4, 0.5) is 10.1 Å². The van der Waals surface area contributed by atoms with Crippen LogP contribution in [0.5, 0.6) is 0 Å². The summed E-state index contributed by atoms with van der Waals surface area (Å²) in [6, 6.07) is 5.57. The Labute approximate surface area is 105 Å². The minimum Gasteiger partial charge on any atom is -0.371 e. The molecule has 0 spiro atoms. The van der Waals surface area contributed by atoms with Crippen molar-refractivity contribution in [1.29, 1.82) is 0 Å². The van der Waals surface area contributed by atoms with Gasteiger partial charge in [0.05, 0.1) is 0 Å². The average molecular weight is 260 g/mol. The van der Waals surface area contributed by atoms with Crippen molar-refractivity contribution in [3.63, 3.8) is 0 Å². The molecule has 2 rings (SSSR count). The minimum absolute atomic E-state index is 0.203. The first-order chi connectivity index (χ1) is 7.70. The van der Waals surface area contributed by atoms with Crippen molar-refractivity contribution in [2.24, 2.45) is 0 Å². The average Bonchev–Trinajstić information content (AvgIpc) is 2.80. The Balaban J connectivity index is 2.21. The van der Waals surface area contributed by atoms with Crippen molar-refractivity contribution >= 4 is 29.1 Å². The smallest absolute Gasteiger partial charge is 0.125 e. The van der Waals surface area contributed by atoms with E-state index in [2.05, 4.69) is 4.90 Å². The largest absolute Gasteiger partial charge is 0.371 e. The van der Waals surface area contributed by atoms with Gasteiger partial charge in [0.15, 0.2) is 0 Å². The molecule has 88 valence electrons. The third-order valence-electron chi connectivity index (χ3n) is 2.96. The highest BCUT2D eigenvalue weighted by atomic mass is 35.5. The summed E-state index contributed by atoms with van der Waals surface area (Å²) in [6.45, 7) is 0. The Kier molecular flexibility index (Phi) is 3.98. The summed E-state index contributed by atoms with van der Waals surface area (Å²) in [5, 5.41) is 0. The van der Waals surface area contributed by atoms with Crippen molar-refractivity contribution in [2.75, 3.05) is 23.5 Å². The summed E-state index contributed by atoms with van der Waals surface area (Å²) >= 11 is 7.70. The van der Waals surface area contributed by atoms with Crippen LogP contribution in [0.15, 0.2) is 18.2 Å². The number of rotatable bonds is 3. The van der Waals surface area contributed by atoms with Crippen molar-refractivity contribution in [1.82, 2.24) is 0 Å². The normalized spacial score (nSPS) is 20.1. The van der Waals surface area contributed by atoms with Crippen molar-refractivity contribution in [3.8, 4) is 0 Å². The maximum Gasteiger partial charge on any atom is 0.125 e. The van der Waals surface area contributed by atoms with Gasteiger partial charge in [-0.15, -0.1) is 11.6 Å². The molecule has 4 heteroatoms. The van der Waals surface area contributed by atoms with E-state index in [0.717, 1.165) is 17.0 Å². The van der Waals surface area contributed by atoms with Crippen LogP contribution in [0.3, 0.4) is 0 Å². The quantitative estimate of drug-likeness (QED) is 0.765. The van der Waals surface area contributed by atoms with E-state index in [1.165, 1.54) is 18.2 Å². The van der Waals surface area contributed by atoms with Crippen molar-refractivity contribution < 1.29 is 4.39 Å². The third kappa shape index (κ3) is 2.64. The van der Waals surface area contributed by atoms with Gasteiger partial charge < -0.3 is 4.90 Å². The number of anilines is 1. The summed E-state index contributed by atoms with van der Waals surface area (Å²) < 4.78 is 13.4. The second kappa shape index (κ2) is 5.28. The Morgan fingerprint density at radius 2 is 2.31 bits per heavy atom. The molecule has 0 bridgehead atoms. The van der Waals surface area contributed by atoms with E-state index in [0.29, 0.717) is 11.9 Å². The number of hydrogen-bond acceptors (Lipinski definition) is 2. The maximum absolute atomic E-state index is 13.4. The molecule has 1 fully saturated rings. The minimum atomic E-state index is -0.203. The monoisotopic (exact) mass is 259 g/mol. The lowest BCUT2D eigenvalue weighted by atomic mass is 10.1. The van der Waals surface area contributed by atoms with Crippen LogP contribution in [-0.4, -0.2) is 24.6 Å². The molecule has 1 heterocycles. The van der Waals surface area contributed by atoms with Gasteiger partial charge in [0.1, 0.15) is 5.82 Å². The molecule has 0 amide bonds. The number of hydrogen-bond donors (Lipinski definition) is 0. The summed E-state index contributed by atoms with van der Waals surface area (Å²) in [6.07, 6.45) is 1.17. The predicted molar refractivity (Wildman–Crippen MR) is 70.1 cm³/mol. The molecule has 1 saturated heterocycles. The molecule has 1 aliphatic heterocycles. The molecule has 0 aromatic heterocycles. The van der Waals surface area contributed by atoms with Crippen LogP contribution in [0, 0.1) is 5.82 Å². The number of benzene rings is 1. The maximum atomic E-state index is 13.4. The Bertz CT molecular complexity index is 366. The molecule has 0 saturated carbocycles. The first kappa shape index (κ1) is 12.1. The third-order valence-corrected chi connectivity index (χ3v) is 4.41. The van der Waals surface area contributed by atoms with E-state index < -0.39 is 0 Å². The topological polar surface area (TPSA) is 3.24 Å². The molecule has 0 aliphatic carbocycles. The molecule has 1 atom stereocenters. The Hall–Kier alpha value is -0.410. The van der Waals surface area contributed by atoms with Crippen LogP contribution >= 0.6 is 23.4 Å². The van der Waals surface area contributed by atoms with E-state index in [9.17, 15) is 4.39 Å². The van der Waals surface area contributed by atoms with E-state index in [-0.39, 0.29) is 5.82 Å². The van der Waals surface area contributed by atoms with E-state index in [1.54, 1.807) is 6.07 Å². The van der Waals surface area contributed by atoms with Gasteiger partial charge in [-0.2, -0.15) is 11.8 Å². The Morgan fingerprint density at radius 3 is 2.94 bits per heavy atom. The van der Waals surface area contributed by atoms with Gasteiger partial charge in [-0.25, -0.2) is 4.39 Å². The molecular weight excluding hydrogens is 245 g/mol. The van der Waals surface area contributed by atoms with Gasteiger partial charge >= 0.3 is 0 Å². The molecule has 1 aliphatic rings. The molecule has 0 radical (unpaired) electrons. The fourth-order valence-electron chi connectivity index (χ4n) is 1.95. The van der Waals surface area contributed by atoms with Gasteiger partial charge in [0.25, 0.3) is 0 Å². The molecular formula is C12H15ClFNS. The van der Waals surface area contributed by atoms with Gasteiger partial charge in [-0.3, -0.25) is 0 Å². The highest BCUT2D eigenvalue weighted by molar-refractivity contribution is 7.99. The molecule has 1 aromatic carbocycles. The van der Waals surface area contributed by atoms with E-state index in [1.807, 2.05) is 24.9 Å². The molecule has 1 aromatic rings. The number of alkyl halides is 1. The summed E-state index contributed by atoms with van der Waals surface area (Å²) in [4.78, 5) is 2.17. The van der Waals surface area contributed by atoms with E-state index >= 15 is 0 Å². The molecule has 0 N–H and O–H groups in total.